The second-order valence-corrected chi connectivity index (χ2v) is 5.59. The van der Waals surface area contributed by atoms with Crippen LogP contribution in [-0.2, 0) is 16.6 Å². The maximum absolute atomic E-state index is 13.8. The van der Waals surface area contributed by atoms with E-state index in [1.165, 1.54) is 17.7 Å². The van der Waals surface area contributed by atoms with Gasteiger partial charge in [-0.05, 0) is 19.1 Å². The Hall–Kier alpha value is -2.74. The molecule has 25 heavy (non-hydrogen) atoms. The zero-order chi connectivity index (χ0) is 18.7. The normalized spacial score (nSPS) is 11.0. The second-order valence-electron chi connectivity index (χ2n) is 5.23. The van der Waals surface area contributed by atoms with Crippen molar-refractivity contribution in [3.05, 3.63) is 46.3 Å². The summed E-state index contributed by atoms with van der Waals surface area (Å²) in [4.78, 5) is 23.0. The molecule has 2 amide bonds. The first-order valence-corrected chi connectivity index (χ1v) is 7.51. The predicted octanol–water partition coefficient (Wildman–Crippen LogP) is 3.27. The molecule has 0 aliphatic rings. The van der Waals surface area contributed by atoms with Gasteiger partial charge in [0.05, 0.1) is 17.1 Å². The fraction of sp³-hybridized carbons (Fsp3) is 0.188. The molecule has 1 aromatic carbocycles. The van der Waals surface area contributed by atoms with Crippen LogP contribution in [0.25, 0.3) is 6.08 Å². The lowest BCUT2D eigenvalue weighted by Crippen LogP contribution is -2.12. The highest BCUT2D eigenvalue weighted by Crippen LogP contribution is 2.24. The third-order valence-electron chi connectivity index (χ3n) is 3.22. The number of aromatic nitrogens is 2. The maximum atomic E-state index is 13.8. The van der Waals surface area contributed by atoms with Gasteiger partial charge in [-0.1, -0.05) is 11.6 Å². The second kappa shape index (κ2) is 7.43. The van der Waals surface area contributed by atoms with Gasteiger partial charge in [0.25, 0.3) is 0 Å². The quantitative estimate of drug-likeness (QED) is 0.813. The fourth-order valence-electron chi connectivity index (χ4n) is 2.10. The van der Waals surface area contributed by atoms with E-state index in [-0.39, 0.29) is 11.4 Å². The number of benzene rings is 1. The van der Waals surface area contributed by atoms with Gasteiger partial charge in [0.15, 0.2) is 0 Å². The highest BCUT2D eigenvalue weighted by atomic mass is 35.5. The fourth-order valence-corrected chi connectivity index (χ4v) is 2.34. The summed E-state index contributed by atoms with van der Waals surface area (Å²) in [6.45, 7) is 2.91. The van der Waals surface area contributed by atoms with Gasteiger partial charge >= 0.3 is 0 Å². The van der Waals surface area contributed by atoms with Crippen LogP contribution < -0.4 is 10.6 Å². The number of nitrogens with zero attached hydrogens (tertiary/aromatic N) is 2. The molecule has 2 rings (SSSR count). The van der Waals surface area contributed by atoms with Crippen molar-refractivity contribution in [2.24, 2.45) is 7.05 Å². The number of anilines is 2. The van der Waals surface area contributed by atoms with Crippen LogP contribution in [0, 0.1) is 18.6 Å². The summed E-state index contributed by atoms with van der Waals surface area (Å²) in [6.07, 6.45) is 2.59. The maximum Gasteiger partial charge on any atom is 0.248 e. The first-order valence-electron chi connectivity index (χ1n) is 7.14. The summed E-state index contributed by atoms with van der Waals surface area (Å²) in [5.74, 6) is -3.09. The summed E-state index contributed by atoms with van der Waals surface area (Å²) in [5, 5.41) is 8.93. The molecular weight excluding hydrogens is 354 g/mol. The Morgan fingerprint density at radius 2 is 1.80 bits per heavy atom. The lowest BCUT2D eigenvalue weighted by atomic mass is 10.2. The molecule has 0 bridgehead atoms. The monoisotopic (exact) mass is 368 g/mol. The van der Waals surface area contributed by atoms with Crippen molar-refractivity contribution in [2.45, 2.75) is 13.8 Å². The van der Waals surface area contributed by atoms with Gasteiger partial charge < -0.3 is 10.6 Å². The largest absolute Gasteiger partial charge is 0.324 e. The Labute approximate surface area is 147 Å². The molecule has 9 heteroatoms. The first-order chi connectivity index (χ1) is 11.7. The predicted molar refractivity (Wildman–Crippen MR) is 91.3 cm³/mol. The van der Waals surface area contributed by atoms with E-state index in [1.807, 2.05) is 0 Å². The molecule has 0 fully saturated rings. The number of carbonyl (C=O) groups excluding carboxylic acids is 2. The summed E-state index contributed by atoms with van der Waals surface area (Å²) in [5.41, 5.74) is 0.670. The van der Waals surface area contributed by atoms with Crippen LogP contribution >= 0.6 is 11.6 Å². The molecule has 1 heterocycles. The smallest absolute Gasteiger partial charge is 0.248 e. The zero-order valence-corrected chi connectivity index (χ0v) is 14.4. The van der Waals surface area contributed by atoms with E-state index in [0.29, 0.717) is 22.5 Å². The molecule has 0 aliphatic carbocycles. The van der Waals surface area contributed by atoms with Gasteiger partial charge in [-0.3, -0.25) is 14.3 Å². The summed E-state index contributed by atoms with van der Waals surface area (Å²) in [6, 6.07) is 1.58. The topological polar surface area (TPSA) is 76.0 Å². The van der Waals surface area contributed by atoms with Crippen molar-refractivity contribution in [1.82, 2.24) is 9.78 Å². The SMILES string of the molecule is CC(=O)Nc1cc(NC(=O)/C=C/c2c(C)nn(C)c2Cl)c(F)cc1F. The lowest BCUT2D eigenvalue weighted by molar-refractivity contribution is -0.114. The van der Waals surface area contributed by atoms with E-state index in [4.69, 9.17) is 11.6 Å². The average molecular weight is 369 g/mol. The summed E-state index contributed by atoms with van der Waals surface area (Å²) in [7, 11) is 1.66. The first kappa shape index (κ1) is 18.6. The van der Waals surface area contributed by atoms with Crippen molar-refractivity contribution >= 4 is 40.9 Å². The number of carbonyl (C=O) groups is 2. The molecule has 0 radical (unpaired) electrons. The lowest BCUT2D eigenvalue weighted by Gasteiger charge is -2.09. The van der Waals surface area contributed by atoms with Crippen molar-refractivity contribution < 1.29 is 18.4 Å². The molecule has 0 spiro atoms. The van der Waals surface area contributed by atoms with Crippen molar-refractivity contribution in [1.29, 1.82) is 0 Å². The van der Waals surface area contributed by atoms with Gasteiger partial charge in [-0.25, -0.2) is 8.78 Å². The Bertz CT molecular complexity index is 878. The number of halogens is 3. The van der Waals surface area contributed by atoms with Crippen molar-refractivity contribution in [3.8, 4) is 0 Å². The third kappa shape index (κ3) is 4.42. The van der Waals surface area contributed by atoms with Gasteiger partial charge in [-0.2, -0.15) is 5.10 Å². The minimum absolute atomic E-state index is 0.237. The highest BCUT2D eigenvalue weighted by molar-refractivity contribution is 6.31. The molecule has 0 aliphatic heterocycles. The molecule has 0 saturated heterocycles. The van der Waals surface area contributed by atoms with Crippen LogP contribution in [0.15, 0.2) is 18.2 Å². The van der Waals surface area contributed by atoms with Crippen LogP contribution in [0.5, 0.6) is 0 Å². The van der Waals surface area contributed by atoms with E-state index >= 15 is 0 Å². The third-order valence-corrected chi connectivity index (χ3v) is 3.67. The van der Waals surface area contributed by atoms with Crippen LogP contribution in [-0.4, -0.2) is 21.6 Å². The molecule has 132 valence electrons. The van der Waals surface area contributed by atoms with E-state index < -0.39 is 23.4 Å². The van der Waals surface area contributed by atoms with Gasteiger partial charge in [-0.15, -0.1) is 0 Å². The minimum Gasteiger partial charge on any atom is -0.324 e. The molecule has 6 nitrogen and oxygen atoms in total. The molecule has 0 unspecified atom stereocenters. The molecular formula is C16H15ClF2N4O2. The summed E-state index contributed by atoms with van der Waals surface area (Å²) < 4.78 is 28.8. The van der Waals surface area contributed by atoms with Gasteiger partial charge in [0.2, 0.25) is 11.8 Å². The Balaban J connectivity index is 2.20. The Kier molecular flexibility index (Phi) is 5.53. The number of hydrogen-bond donors (Lipinski definition) is 2. The van der Waals surface area contributed by atoms with Gasteiger partial charge in [0, 0.05) is 31.7 Å². The van der Waals surface area contributed by atoms with E-state index in [1.54, 1.807) is 14.0 Å². The number of aryl methyl sites for hydroxylation is 2. The highest BCUT2D eigenvalue weighted by Gasteiger charge is 2.13. The summed E-state index contributed by atoms with van der Waals surface area (Å²) >= 11 is 6.05. The Morgan fingerprint density at radius 3 is 2.32 bits per heavy atom. The zero-order valence-electron chi connectivity index (χ0n) is 13.7. The van der Waals surface area contributed by atoms with E-state index in [2.05, 4.69) is 15.7 Å². The van der Waals surface area contributed by atoms with E-state index in [0.717, 1.165) is 12.1 Å². The molecule has 2 aromatic rings. The van der Waals surface area contributed by atoms with Crippen LogP contribution in [0.3, 0.4) is 0 Å². The van der Waals surface area contributed by atoms with Gasteiger partial charge in [0.1, 0.15) is 16.8 Å². The van der Waals surface area contributed by atoms with Crippen LogP contribution in [0.1, 0.15) is 18.2 Å². The minimum atomic E-state index is -0.969. The average Bonchev–Trinajstić information content (AvgIpc) is 2.74. The standard InChI is InChI=1S/C16H15ClF2N4O2/c1-8-10(16(17)23(3)22-8)4-5-15(25)21-14-7-13(20-9(2)24)11(18)6-12(14)19/h4-7H,1-3H3,(H,20,24)(H,21,25)/b5-4+. The number of nitrogens with one attached hydrogen (secondary N) is 2. The molecule has 0 saturated carbocycles. The number of amides is 2. The van der Waals surface area contributed by atoms with Crippen molar-refractivity contribution in [3.63, 3.8) is 0 Å². The number of hydrogen-bond acceptors (Lipinski definition) is 3. The van der Waals surface area contributed by atoms with E-state index in [9.17, 15) is 18.4 Å². The van der Waals surface area contributed by atoms with Crippen LogP contribution in [0.2, 0.25) is 5.15 Å². The number of rotatable bonds is 4. The van der Waals surface area contributed by atoms with Crippen LogP contribution in [0.4, 0.5) is 20.2 Å². The Morgan fingerprint density at radius 1 is 1.20 bits per heavy atom. The molecule has 0 atom stereocenters. The van der Waals surface area contributed by atoms with Crippen molar-refractivity contribution in [2.75, 3.05) is 10.6 Å². The molecule has 2 N–H and O–H groups in total. The molecule has 1 aromatic heterocycles.